The number of anilines is 1. The van der Waals surface area contributed by atoms with Crippen LogP contribution in [0.1, 0.15) is 36.6 Å². The highest BCUT2D eigenvalue weighted by molar-refractivity contribution is 5.80. The summed E-state index contributed by atoms with van der Waals surface area (Å²) in [6, 6.07) is 25.8. The van der Waals surface area contributed by atoms with Crippen LogP contribution in [0.25, 0.3) is 11.1 Å². The van der Waals surface area contributed by atoms with Gasteiger partial charge in [-0.05, 0) is 40.0 Å². The zero-order valence-corrected chi connectivity index (χ0v) is 17.1. The van der Waals surface area contributed by atoms with Crippen LogP contribution in [0.2, 0.25) is 0 Å². The maximum absolute atomic E-state index is 4.60. The Labute approximate surface area is 172 Å². The van der Waals surface area contributed by atoms with Gasteiger partial charge in [0.2, 0.25) is 0 Å². The van der Waals surface area contributed by atoms with E-state index in [0.29, 0.717) is 0 Å². The van der Waals surface area contributed by atoms with Crippen molar-refractivity contribution in [2.24, 2.45) is 5.10 Å². The summed E-state index contributed by atoms with van der Waals surface area (Å²) >= 11 is 0. The van der Waals surface area contributed by atoms with Crippen molar-refractivity contribution < 1.29 is 0 Å². The SMILES string of the molecule is CN1/C(=C/C=NNC2c3ccccc3-c3ccccc32)C(C)(C)c2ccccc21. The van der Waals surface area contributed by atoms with Crippen LogP contribution in [0.4, 0.5) is 5.69 Å². The number of likely N-dealkylation sites (N-methyl/N-ethyl adjacent to an activating group) is 1. The molecule has 1 aliphatic carbocycles. The highest BCUT2D eigenvalue weighted by Gasteiger charge is 2.37. The normalized spacial score (nSPS) is 18.2. The van der Waals surface area contributed by atoms with Gasteiger partial charge in [0.25, 0.3) is 0 Å². The molecule has 3 aromatic rings. The highest BCUT2D eigenvalue weighted by Crippen LogP contribution is 2.46. The number of fused-ring (bicyclic) bond motifs is 4. The van der Waals surface area contributed by atoms with Gasteiger partial charge in [-0.15, -0.1) is 0 Å². The van der Waals surface area contributed by atoms with Crippen LogP contribution in [0.15, 0.2) is 89.7 Å². The summed E-state index contributed by atoms with van der Waals surface area (Å²) in [5.74, 6) is 0. The monoisotopic (exact) mass is 379 g/mol. The van der Waals surface area contributed by atoms with E-state index >= 15 is 0 Å². The molecule has 144 valence electrons. The quantitative estimate of drug-likeness (QED) is 0.471. The first-order valence-electron chi connectivity index (χ1n) is 10.1. The molecule has 1 aliphatic heterocycles. The Morgan fingerprint density at radius 2 is 1.45 bits per heavy atom. The Morgan fingerprint density at radius 3 is 2.10 bits per heavy atom. The average molecular weight is 380 g/mol. The predicted octanol–water partition coefficient (Wildman–Crippen LogP) is 5.64. The lowest BCUT2D eigenvalue weighted by Crippen LogP contribution is -2.23. The number of rotatable bonds is 3. The van der Waals surface area contributed by atoms with E-state index in [1.165, 1.54) is 39.2 Å². The van der Waals surface area contributed by atoms with Crippen LogP contribution >= 0.6 is 0 Å². The van der Waals surface area contributed by atoms with Gasteiger partial charge in [0.15, 0.2) is 0 Å². The molecule has 0 fully saturated rings. The third-order valence-electron chi connectivity index (χ3n) is 6.28. The van der Waals surface area contributed by atoms with Crippen LogP contribution in [0.3, 0.4) is 0 Å². The molecule has 29 heavy (non-hydrogen) atoms. The third kappa shape index (κ3) is 2.69. The van der Waals surface area contributed by atoms with Gasteiger partial charge in [-0.25, -0.2) is 0 Å². The van der Waals surface area contributed by atoms with Crippen molar-refractivity contribution >= 4 is 11.9 Å². The summed E-state index contributed by atoms with van der Waals surface area (Å²) < 4.78 is 0. The van der Waals surface area contributed by atoms with E-state index in [0.717, 1.165) is 0 Å². The number of benzene rings is 3. The zero-order chi connectivity index (χ0) is 20.0. The van der Waals surface area contributed by atoms with Crippen molar-refractivity contribution in [3.63, 3.8) is 0 Å². The van der Waals surface area contributed by atoms with E-state index in [1.54, 1.807) is 0 Å². The summed E-state index contributed by atoms with van der Waals surface area (Å²) in [7, 11) is 2.13. The molecule has 0 spiro atoms. The molecule has 5 rings (SSSR count). The molecule has 0 saturated carbocycles. The fourth-order valence-electron chi connectivity index (χ4n) is 4.82. The van der Waals surface area contributed by atoms with Crippen molar-refractivity contribution in [2.45, 2.75) is 25.3 Å². The minimum atomic E-state index is -0.0378. The lowest BCUT2D eigenvalue weighted by Gasteiger charge is -2.23. The topological polar surface area (TPSA) is 27.6 Å². The second-order valence-corrected chi connectivity index (χ2v) is 8.27. The molecule has 0 bridgehead atoms. The zero-order valence-electron chi connectivity index (χ0n) is 17.1. The molecular weight excluding hydrogens is 354 g/mol. The Balaban J connectivity index is 1.42. The number of hydrazone groups is 1. The van der Waals surface area contributed by atoms with E-state index in [9.17, 15) is 0 Å². The molecule has 1 heterocycles. The molecule has 2 aliphatic rings. The van der Waals surface area contributed by atoms with E-state index in [1.807, 2.05) is 6.21 Å². The maximum Gasteiger partial charge on any atom is 0.0951 e. The first-order valence-corrected chi connectivity index (χ1v) is 10.1. The molecular formula is C26H25N3. The molecule has 0 unspecified atom stereocenters. The molecule has 3 nitrogen and oxygen atoms in total. The lowest BCUT2D eigenvalue weighted by atomic mass is 9.84. The van der Waals surface area contributed by atoms with Crippen LogP contribution in [0, 0.1) is 0 Å². The van der Waals surface area contributed by atoms with Crippen molar-refractivity contribution in [1.82, 2.24) is 5.43 Å². The largest absolute Gasteiger partial charge is 0.347 e. The van der Waals surface area contributed by atoms with Crippen molar-refractivity contribution in [1.29, 1.82) is 0 Å². The van der Waals surface area contributed by atoms with E-state index in [-0.39, 0.29) is 11.5 Å². The van der Waals surface area contributed by atoms with E-state index in [2.05, 4.69) is 115 Å². The van der Waals surface area contributed by atoms with Gasteiger partial charge in [0, 0.05) is 30.1 Å². The third-order valence-corrected chi connectivity index (χ3v) is 6.28. The summed E-state index contributed by atoms with van der Waals surface area (Å²) in [6.07, 6.45) is 4.02. The fraction of sp³-hybridized carbons (Fsp3) is 0.192. The van der Waals surface area contributed by atoms with Gasteiger partial charge in [-0.2, -0.15) is 5.10 Å². The number of para-hydroxylation sites is 1. The molecule has 3 heteroatoms. The van der Waals surface area contributed by atoms with Gasteiger partial charge in [0.1, 0.15) is 0 Å². The van der Waals surface area contributed by atoms with Crippen LogP contribution in [0.5, 0.6) is 0 Å². The van der Waals surface area contributed by atoms with Gasteiger partial charge in [0.05, 0.1) is 6.04 Å². The summed E-state index contributed by atoms with van der Waals surface area (Å²) in [5.41, 5.74) is 12.4. The Morgan fingerprint density at radius 1 is 0.862 bits per heavy atom. The molecule has 1 N–H and O–H groups in total. The lowest BCUT2D eigenvalue weighted by molar-refractivity contribution is 0.639. The van der Waals surface area contributed by atoms with Crippen LogP contribution in [-0.4, -0.2) is 13.3 Å². The average Bonchev–Trinajstić information content (AvgIpc) is 3.16. The molecule has 3 aromatic carbocycles. The Hall–Kier alpha value is -3.33. The molecule has 0 aromatic heterocycles. The Bertz CT molecular complexity index is 1090. The second kappa shape index (κ2) is 6.63. The summed E-state index contributed by atoms with van der Waals surface area (Å²) in [5, 5.41) is 4.60. The maximum atomic E-state index is 4.60. The summed E-state index contributed by atoms with van der Waals surface area (Å²) in [4.78, 5) is 2.27. The standard InChI is InChI=1S/C26H25N3/c1-26(2)22-14-8-9-15-23(22)29(3)24(26)16-17-27-28-25-20-12-6-4-10-18(20)19-11-5-7-13-21(19)25/h4-17,25,28H,1-3H3/b24-16+,27-17?. The highest BCUT2D eigenvalue weighted by atomic mass is 15.3. The fourth-order valence-corrected chi connectivity index (χ4v) is 4.82. The number of allylic oxidation sites excluding steroid dienone is 2. The van der Waals surface area contributed by atoms with Crippen molar-refractivity contribution in [3.05, 3.63) is 101 Å². The summed E-state index contributed by atoms with van der Waals surface area (Å²) in [6.45, 7) is 4.54. The minimum Gasteiger partial charge on any atom is -0.347 e. The van der Waals surface area contributed by atoms with Crippen LogP contribution < -0.4 is 10.3 Å². The van der Waals surface area contributed by atoms with Gasteiger partial charge in [-0.3, -0.25) is 5.43 Å². The first-order chi connectivity index (χ1) is 14.1. The first kappa shape index (κ1) is 17.7. The second-order valence-electron chi connectivity index (χ2n) is 8.27. The number of nitrogens with one attached hydrogen (secondary N) is 1. The van der Waals surface area contributed by atoms with Gasteiger partial charge < -0.3 is 4.90 Å². The number of hydrogen-bond acceptors (Lipinski definition) is 3. The van der Waals surface area contributed by atoms with E-state index in [4.69, 9.17) is 0 Å². The van der Waals surface area contributed by atoms with E-state index < -0.39 is 0 Å². The Kier molecular flexibility index (Phi) is 4.06. The molecule has 0 saturated heterocycles. The number of nitrogens with zero attached hydrogens (tertiary/aromatic N) is 2. The van der Waals surface area contributed by atoms with Crippen LogP contribution in [-0.2, 0) is 5.41 Å². The number of hydrogen-bond donors (Lipinski definition) is 1. The molecule has 0 atom stereocenters. The van der Waals surface area contributed by atoms with Crippen molar-refractivity contribution in [3.8, 4) is 11.1 Å². The minimum absolute atomic E-state index is 0.0378. The smallest absolute Gasteiger partial charge is 0.0951 e. The molecule has 0 amide bonds. The van der Waals surface area contributed by atoms with Gasteiger partial charge in [-0.1, -0.05) is 80.6 Å². The van der Waals surface area contributed by atoms with Gasteiger partial charge >= 0.3 is 0 Å². The predicted molar refractivity (Wildman–Crippen MR) is 121 cm³/mol. The molecule has 0 radical (unpaired) electrons. The van der Waals surface area contributed by atoms with Crippen molar-refractivity contribution in [2.75, 3.05) is 11.9 Å².